The second kappa shape index (κ2) is 7.27. The molecule has 0 saturated carbocycles. The number of benzene rings is 1. The molecule has 114 valence electrons. The summed E-state index contributed by atoms with van der Waals surface area (Å²) >= 11 is 12.0. The van der Waals surface area contributed by atoms with Crippen molar-refractivity contribution >= 4 is 23.2 Å². The van der Waals surface area contributed by atoms with Crippen molar-refractivity contribution in [1.82, 2.24) is 15.1 Å². The van der Waals surface area contributed by atoms with E-state index in [2.05, 4.69) is 17.3 Å². The average molecular weight is 328 g/mol. The zero-order valence-corrected chi connectivity index (χ0v) is 13.6. The highest BCUT2D eigenvalue weighted by molar-refractivity contribution is 6.33. The Bertz CT molecular complexity index is 613. The first-order chi connectivity index (χ1) is 10.0. The van der Waals surface area contributed by atoms with Crippen LogP contribution < -0.4 is 5.32 Å². The number of aromatic nitrogens is 2. The summed E-state index contributed by atoms with van der Waals surface area (Å²) in [6.45, 7) is 3.14. The molecular formula is C15H19Cl2N3O. The minimum atomic E-state index is -0.696. The molecule has 0 aliphatic carbocycles. The SMILES string of the molecule is CCc1nn(C)cc1CNCC(O)c1cc(Cl)ccc1Cl. The van der Waals surface area contributed by atoms with Crippen molar-refractivity contribution in [2.75, 3.05) is 6.54 Å². The largest absolute Gasteiger partial charge is 0.387 e. The number of aliphatic hydroxyl groups excluding tert-OH is 1. The van der Waals surface area contributed by atoms with Gasteiger partial charge in [-0.1, -0.05) is 30.1 Å². The molecule has 1 unspecified atom stereocenters. The van der Waals surface area contributed by atoms with E-state index in [1.807, 2.05) is 13.2 Å². The molecule has 0 aliphatic heterocycles. The summed E-state index contributed by atoms with van der Waals surface area (Å²) in [5, 5.41) is 18.9. The molecule has 0 spiro atoms. The summed E-state index contributed by atoms with van der Waals surface area (Å²) in [5.41, 5.74) is 2.85. The molecule has 1 aromatic heterocycles. The van der Waals surface area contributed by atoms with Crippen molar-refractivity contribution in [3.8, 4) is 0 Å². The first kappa shape index (κ1) is 16.3. The van der Waals surface area contributed by atoms with Crippen molar-refractivity contribution in [1.29, 1.82) is 0 Å². The van der Waals surface area contributed by atoms with Gasteiger partial charge in [0.1, 0.15) is 0 Å². The van der Waals surface area contributed by atoms with Gasteiger partial charge in [-0.05, 0) is 24.6 Å². The maximum absolute atomic E-state index is 10.2. The molecule has 2 aromatic rings. The number of hydrogen-bond donors (Lipinski definition) is 2. The van der Waals surface area contributed by atoms with Crippen molar-refractivity contribution in [3.05, 3.63) is 51.3 Å². The Kier molecular flexibility index (Phi) is 5.65. The molecule has 6 heteroatoms. The number of hydrogen-bond acceptors (Lipinski definition) is 3. The van der Waals surface area contributed by atoms with Crippen LogP contribution in [0.3, 0.4) is 0 Å². The van der Waals surface area contributed by atoms with Crippen molar-refractivity contribution in [2.45, 2.75) is 26.0 Å². The van der Waals surface area contributed by atoms with Crippen molar-refractivity contribution in [2.24, 2.45) is 7.05 Å². The molecule has 4 nitrogen and oxygen atoms in total. The lowest BCUT2D eigenvalue weighted by Crippen LogP contribution is -2.21. The van der Waals surface area contributed by atoms with Gasteiger partial charge in [-0.3, -0.25) is 4.68 Å². The smallest absolute Gasteiger partial charge is 0.0929 e. The summed E-state index contributed by atoms with van der Waals surface area (Å²) in [7, 11) is 1.91. The average Bonchev–Trinajstić information content (AvgIpc) is 2.81. The third-order valence-electron chi connectivity index (χ3n) is 3.30. The minimum Gasteiger partial charge on any atom is -0.387 e. The van der Waals surface area contributed by atoms with E-state index in [9.17, 15) is 5.11 Å². The fraction of sp³-hybridized carbons (Fsp3) is 0.400. The zero-order valence-electron chi connectivity index (χ0n) is 12.1. The third-order valence-corrected chi connectivity index (χ3v) is 3.88. The number of rotatable bonds is 6. The van der Waals surface area contributed by atoms with Gasteiger partial charge >= 0.3 is 0 Å². The molecular weight excluding hydrogens is 309 g/mol. The van der Waals surface area contributed by atoms with E-state index in [1.165, 1.54) is 0 Å². The van der Waals surface area contributed by atoms with E-state index >= 15 is 0 Å². The molecule has 0 bridgehead atoms. The van der Waals surface area contributed by atoms with Gasteiger partial charge in [-0.2, -0.15) is 5.10 Å². The van der Waals surface area contributed by atoms with Crippen LogP contribution in [0.1, 0.15) is 29.8 Å². The molecule has 21 heavy (non-hydrogen) atoms. The summed E-state index contributed by atoms with van der Waals surface area (Å²) in [6.07, 6.45) is 2.18. The first-order valence-corrected chi connectivity index (χ1v) is 7.62. The maximum atomic E-state index is 10.2. The van der Waals surface area contributed by atoms with Crippen molar-refractivity contribution < 1.29 is 5.11 Å². The van der Waals surface area contributed by atoms with E-state index < -0.39 is 6.10 Å². The normalized spacial score (nSPS) is 12.6. The summed E-state index contributed by atoms with van der Waals surface area (Å²) in [4.78, 5) is 0. The molecule has 0 amide bonds. The lowest BCUT2D eigenvalue weighted by Gasteiger charge is -2.14. The van der Waals surface area contributed by atoms with Gasteiger partial charge in [0.15, 0.2) is 0 Å². The Labute approximate surface area is 134 Å². The van der Waals surface area contributed by atoms with Crippen LogP contribution in [0.25, 0.3) is 0 Å². The molecule has 1 heterocycles. The third kappa shape index (κ3) is 4.20. The molecule has 1 aromatic carbocycles. The van der Waals surface area contributed by atoms with Crippen LogP contribution in [0, 0.1) is 0 Å². The number of nitrogens with zero attached hydrogens (tertiary/aromatic N) is 2. The van der Waals surface area contributed by atoms with Crippen LogP contribution in [0.15, 0.2) is 24.4 Å². The monoisotopic (exact) mass is 327 g/mol. The van der Waals surface area contributed by atoms with Crippen LogP contribution in [-0.2, 0) is 20.0 Å². The number of nitrogens with one attached hydrogen (secondary N) is 1. The number of aliphatic hydroxyl groups is 1. The van der Waals surface area contributed by atoms with Gasteiger partial charge in [0.25, 0.3) is 0 Å². The van der Waals surface area contributed by atoms with Crippen LogP contribution in [0.4, 0.5) is 0 Å². The molecule has 2 rings (SSSR count). The highest BCUT2D eigenvalue weighted by Crippen LogP contribution is 2.26. The van der Waals surface area contributed by atoms with Gasteiger partial charge in [-0.15, -0.1) is 0 Å². The lowest BCUT2D eigenvalue weighted by molar-refractivity contribution is 0.174. The lowest BCUT2D eigenvalue weighted by atomic mass is 10.1. The Hall–Kier alpha value is -1.07. The fourth-order valence-electron chi connectivity index (χ4n) is 2.25. The standard InChI is InChI=1S/C15H19Cl2N3O/c1-3-14-10(9-20(2)19-14)7-18-8-15(21)12-6-11(16)4-5-13(12)17/h4-6,9,15,18,21H,3,7-8H2,1-2H3. The van der Waals surface area contributed by atoms with E-state index in [-0.39, 0.29) is 0 Å². The highest BCUT2D eigenvalue weighted by Gasteiger charge is 2.13. The number of halogens is 2. The van der Waals surface area contributed by atoms with Crippen LogP contribution in [0.2, 0.25) is 10.0 Å². The van der Waals surface area contributed by atoms with Gasteiger partial charge < -0.3 is 10.4 Å². The Morgan fingerprint density at radius 3 is 2.86 bits per heavy atom. The van der Waals surface area contributed by atoms with Crippen LogP contribution >= 0.6 is 23.2 Å². The maximum Gasteiger partial charge on any atom is 0.0929 e. The molecule has 2 N–H and O–H groups in total. The second-order valence-corrected chi connectivity index (χ2v) is 5.78. The van der Waals surface area contributed by atoms with E-state index in [0.29, 0.717) is 28.7 Å². The summed E-state index contributed by atoms with van der Waals surface area (Å²) < 4.78 is 1.81. The fourth-order valence-corrected chi connectivity index (χ4v) is 2.68. The van der Waals surface area contributed by atoms with Gasteiger partial charge in [0.05, 0.1) is 11.8 Å². The molecule has 0 saturated heterocycles. The summed E-state index contributed by atoms with van der Waals surface area (Å²) in [5.74, 6) is 0. The van der Waals surface area contributed by atoms with E-state index in [4.69, 9.17) is 23.2 Å². The number of aryl methyl sites for hydroxylation is 2. The van der Waals surface area contributed by atoms with Gasteiger partial charge in [0, 0.05) is 47.5 Å². The first-order valence-electron chi connectivity index (χ1n) is 6.86. The topological polar surface area (TPSA) is 50.1 Å². The van der Waals surface area contributed by atoms with Gasteiger partial charge in [0.2, 0.25) is 0 Å². The Balaban J connectivity index is 1.95. The zero-order chi connectivity index (χ0) is 15.4. The quantitative estimate of drug-likeness (QED) is 0.857. The van der Waals surface area contributed by atoms with Crippen molar-refractivity contribution in [3.63, 3.8) is 0 Å². The van der Waals surface area contributed by atoms with E-state index in [0.717, 1.165) is 17.7 Å². The molecule has 0 aliphatic rings. The predicted octanol–water partition coefficient (Wildman–Crippen LogP) is 3.11. The molecule has 1 atom stereocenters. The van der Waals surface area contributed by atoms with Crippen LogP contribution in [0.5, 0.6) is 0 Å². The Morgan fingerprint density at radius 1 is 1.38 bits per heavy atom. The predicted molar refractivity (Wildman–Crippen MR) is 85.7 cm³/mol. The van der Waals surface area contributed by atoms with Crippen LogP contribution in [-0.4, -0.2) is 21.4 Å². The summed E-state index contributed by atoms with van der Waals surface area (Å²) in [6, 6.07) is 5.09. The Morgan fingerprint density at radius 2 is 2.14 bits per heavy atom. The highest BCUT2D eigenvalue weighted by atomic mass is 35.5. The molecule has 0 radical (unpaired) electrons. The van der Waals surface area contributed by atoms with Gasteiger partial charge in [-0.25, -0.2) is 0 Å². The minimum absolute atomic E-state index is 0.401. The molecule has 0 fully saturated rings. The second-order valence-electron chi connectivity index (χ2n) is 4.94. The van der Waals surface area contributed by atoms with E-state index in [1.54, 1.807) is 22.9 Å².